The highest BCUT2D eigenvalue weighted by molar-refractivity contribution is 5.04. The predicted octanol–water partition coefficient (Wildman–Crippen LogP) is 8.11. The van der Waals surface area contributed by atoms with E-state index in [1.165, 1.54) is 64.2 Å². The van der Waals surface area contributed by atoms with Crippen LogP contribution in [-0.4, -0.2) is 0 Å². The van der Waals surface area contributed by atoms with Gasteiger partial charge in [0.2, 0.25) is 0 Å². The van der Waals surface area contributed by atoms with E-state index in [0.717, 1.165) is 29.6 Å². The molecule has 1 aliphatic carbocycles. The lowest BCUT2D eigenvalue weighted by molar-refractivity contribution is 0.322. The fourth-order valence-corrected chi connectivity index (χ4v) is 5.10. The first-order chi connectivity index (χ1) is 10.8. The third kappa shape index (κ3) is 7.18. The van der Waals surface area contributed by atoms with Crippen LogP contribution in [0.5, 0.6) is 0 Å². The van der Waals surface area contributed by atoms with Crippen molar-refractivity contribution in [2.24, 2.45) is 35.0 Å². The second-order valence-corrected chi connectivity index (χ2v) is 9.69. The molecule has 0 bridgehead atoms. The molecule has 0 nitrogen and oxygen atoms in total. The fourth-order valence-electron chi connectivity index (χ4n) is 5.10. The van der Waals surface area contributed by atoms with Crippen molar-refractivity contribution >= 4 is 0 Å². The van der Waals surface area contributed by atoms with Gasteiger partial charge in [0.05, 0.1) is 0 Å². The number of hydrogen-bond donors (Lipinski definition) is 0. The van der Waals surface area contributed by atoms with E-state index in [0.29, 0.717) is 5.41 Å². The lowest BCUT2D eigenvalue weighted by Gasteiger charge is -2.18. The minimum Gasteiger partial charge on any atom is -0.0654 e. The quantitative estimate of drug-likeness (QED) is 0.300. The highest BCUT2D eigenvalue weighted by Crippen LogP contribution is 2.62. The first kappa shape index (κ1) is 21.0. The fraction of sp³-hybridized carbons (Fsp3) is 1.00. The summed E-state index contributed by atoms with van der Waals surface area (Å²) in [6, 6.07) is 0. The van der Waals surface area contributed by atoms with Gasteiger partial charge in [0.25, 0.3) is 0 Å². The van der Waals surface area contributed by atoms with E-state index in [1.54, 1.807) is 0 Å². The van der Waals surface area contributed by atoms with Crippen LogP contribution >= 0.6 is 0 Å². The van der Waals surface area contributed by atoms with Gasteiger partial charge >= 0.3 is 0 Å². The normalized spacial score (nSPS) is 26.7. The van der Waals surface area contributed by atoms with Gasteiger partial charge in [-0.15, -0.1) is 0 Å². The van der Waals surface area contributed by atoms with Crippen molar-refractivity contribution in [2.45, 2.75) is 113 Å². The Bertz CT molecular complexity index is 303. The lowest BCUT2D eigenvalue weighted by atomic mass is 9.87. The van der Waals surface area contributed by atoms with Gasteiger partial charge in [0, 0.05) is 0 Å². The van der Waals surface area contributed by atoms with Crippen LogP contribution in [0.1, 0.15) is 113 Å². The van der Waals surface area contributed by atoms with Crippen LogP contribution in [0.2, 0.25) is 0 Å². The summed E-state index contributed by atoms with van der Waals surface area (Å²) in [5.74, 6) is 4.74. The van der Waals surface area contributed by atoms with Crippen LogP contribution in [0.3, 0.4) is 0 Å². The van der Waals surface area contributed by atoms with E-state index in [9.17, 15) is 0 Å². The molecule has 0 aromatic heterocycles. The molecule has 1 aliphatic rings. The monoisotopic (exact) mass is 322 g/mol. The molecule has 0 radical (unpaired) electrons. The molecular formula is C23H46. The van der Waals surface area contributed by atoms with Crippen molar-refractivity contribution < 1.29 is 0 Å². The highest BCUT2D eigenvalue weighted by atomic mass is 14.6. The predicted molar refractivity (Wildman–Crippen MR) is 106 cm³/mol. The summed E-state index contributed by atoms with van der Waals surface area (Å²) in [5.41, 5.74) is 0.619. The Balaban J connectivity index is 1.99. The van der Waals surface area contributed by atoms with E-state index >= 15 is 0 Å². The second kappa shape index (κ2) is 10.1. The van der Waals surface area contributed by atoms with Crippen molar-refractivity contribution in [3.63, 3.8) is 0 Å². The van der Waals surface area contributed by atoms with Crippen LogP contribution < -0.4 is 0 Å². The van der Waals surface area contributed by atoms with Gasteiger partial charge in [0.1, 0.15) is 0 Å². The van der Waals surface area contributed by atoms with E-state index in [-0.39, 0.29) is 0 Å². The van der Waals surface area contributed by atoms with Crippen LogP contribution in [0.4, 0.5) is 0 Å². The van der Waals surface area contributed by atoms with E-state index in [2.05, 4.69) is 48.5 Å². The summed E-state index contributed by atoms with van der Waals surface area (Å²) in [4.78, 5) is 0. The minimum absolute atomic E-state index is 0.619. The van der Waals surface area contributed by atoms with Gasteiger partial charge in [0.15, 0.2) is 0 Å². The first-order valence-corrected chi connectivity index (χ1v) is 10.8. The Kier molecular flexibility index (Phi) is 9.24. The van der Waals surface area contributed by atoms with Gasteiger partial charge in [-0.05, 0) is 41.4 Å². The van der Waals surface area contributed by atoms with Gasteiger partial charge < -0.3 is 0 Å². The van der Waals surface area contributed by atoms with Crippen molar-refractivity contribution in [1.82, 2.24) is 0 Å². The summed E-state index contributed by atoms with van der Waals surface area (Å²) >= 11 is 0. The molecule has 0 aromatic rings. The molecule has 1 rings (SSSR count). The van der Waals surface area contributed by atoms with Crippen molar-refractivity contribution in [1.29, 1.82) is 0 Å². The molecule has 0 amide bonds. The zero-order valence-electron chi connectivity index (χ0n) is 17.5. The third-order valence-corrected chi connectivity index (χ3v) is 7.04. The van der Waals surface area contributed by atoms with Gasteiger partial charge in [-0.2, -0.15) is 0 Å². The Hall–Kier alpha value is 0. The summed E-state index contributed by atoms with van der Waals surface area (Å²) in [7, 11) is 0. The molecular weight excluding hydrogens is 276 g/mol. The maximum atomic E-state index is 2.50. The summed E-state index contributed by atoms with van der Waals surface area (Å²) < 4.78 is 0. The Morgan fingerprint density at radius 2 is 1.26 bits per heavy atom. The first-order valence-electron chi connectivity index (χ1n) is 10.8. The van der Waals surface area contributed by atoms with E-state index < -0.39 is 0 Å². The minimum atomic E-state index is 0.619. The largest absolute Gasteiger partial charge is 0.0654 e. The number of rotatable bonds is 13. The molecule has 0 saturated heterocycles. The molecule has 23 heavy (non-hydrogen) atoms. The average molecular weight is 323 g/mol. The summed E-state index contributed by atoms with van der Waals surface area (Å²) in [6.45, 7) is 17.1. The van der Waals surface area contributed by atoms with Crippen molar-refractivity contribution in [2.75, 3.05) is 0 Å². The smallest absolute Gasteiger partial charge is 0.0292 e. The molecule has 0 N–H and O–H groups in total. The highest BCUT2D eigenvalue weighted by Gasteiger charge is 2.56. The zero-order valence-corrected chi connectivity index (χ0v) is 17.5. The molecule has 1 fully saturated rings. The standard InChI is InChI=1S/C23H46/c1-8-9-14-18(2)15-12-10-11-13-16-19(3)17-20(4)22-21(5)23(22,6)7/h18-22H,8-17H2,1-7H3. The summed E-state index contributed by atoms with van der Waals surface area (Å²) in [6.07, 6.45) is 14.4. The van der Waals surface area contributed by atoms with E-state index in [1.807, 2.05) is 0 Å². The topological polar surface area (TPSA) is 0 Å². The Labute approximate surface area is 148 Å². The Morgan fingerprint density at radius 1 is 0.783 bits per heavy atom. The Morgan fingerprint density at radius 3 is 1.74 bits per heavy atom. The zero-order chi connectivity index (χ0) is 17.5. The SMILES string of the molecule is CCCCC(C)CCCCCCC(C)CC(C)C1C(C)C1(C)C. The van der Waals surface area contributed by atoms with E-state index in [4.69, 9.17) is 0 Å². The molecule has 1 saturated carbocycles. The molecule has 138 valence electrons. The van der Waals surface area contributed by atoms with Crippen LogP contribution in [0, 0.1) is 35.0 Å². The maximum Gasteiger partial charge on any atom is -0.0292 e. The third-order valence-electron chi connectivity index (χ3n) is 7.04. The van der Waals surface area contributed by atoms with Crippen LogP contribution in [-0.2, 0) is 0 Å². The van der Waals surface area contributed by atoms with Gasteiger partial charge in [-0.1, -0.05) is 106 Å². The average Bonchev–Trinajstić information content (AvgIpc) is 2.98. The number of unbranched alkanes of at least 4 members (excludes halogenated alkanes) is 4. The van der Waals surface area contributed by atoms with Gasteiger partial charge in [-0.25, -0.2) is 0 Å². The molecule has 0 aromatic carbocycles. The van der Waals surface area contributed by atoms with Gasteiger partial charge in [-0.3, -0.25) is 0 Å². The summed E-state index contributed by atoms with van der Waals surface area (Å²) in [5, 5.41) is 0. The molecule has 0 aliphatic heterocycles. The molecule has 0 heterocycles. The van der Waals surface area contributed by atoms with Crippen molar-refractivity contribution in [3.05, 3.63) is 0 Å². The molecule has 5 unspecified atom stereocenters. The molecule has 0 heteroatoms. The van der Waals surface area contributed by atoms with Crippen molar-refractivity contribution in [3.8, 4) is 0 Å². The second-order valence-electron chi connectivity index (χ2n) is 9.69. The maximum absolute atomic E-state index is 2.50. The van der Waals surface area contributed by atoms with Crippen LogP contribution in [0.25, 0.3) is 0 Å². The van der Waals surface area contributed by atoms with Crippen LogP contribution in [0.15, 0.2) is 0 Å². The lowest BCUT2D eigenvalue weighted by Crippen LogP contribution is -2.08. The number of hydrogen-bond acceptors (Lipinski definition) is 0. The molecule has 0 spiro atoms. The molecule has 5 atom stereocenters.